The van der Waals surface area contributed by atoms with E-state index in [1.54, 1.807) is 18.3 Å². The predicted molar refractivity (Wildman–Crippen MR) is 120 cm³/mol. The smallest absolute Gasteiger partial charge is 0.416 e. The lowest BCUT2D eigenvalue weighted by Gasteiger charge is -2.20. The van der Waals surface area contributed by atoms with E-state index in [0.29, 0.717) is 45.4 Å². The van der Waals surface area contributed by atoms with Crippen molar-refractivity contribution in [2.24, 2.45) is 17.8 Å². The fourth-order valence-corrected chi connectivity index (χ4v) is 5.94. The zero-order valence-corrected chi connectivity index (χ0v) is 18.4. The van der Waals surface area contributed by atoms with Gasteiger partial charge in [0.15, 0.2) is 0 Å². The first-order chi connectivity index (χ1) is 16.3. The van der Waals surface area contributed by atoms with Crippen molar-refractivity contribution in [3.05, 3.63) is 65.9 Å². The van der Waals surface area contributed by atoms with Crippen LogP contribution in [0.2, 0.25) is 0 Å². The Morgan fingerprint density at radius 1 is 1.06 bits per heavy atom. The maximum atomic E-state index is 13.7. The topological polar surface area (TPSA) is 50.8 Å². The van der Waals surface area contributed by atoms with Crippen molar-refractivity contribution in [2.45, 2.75) is 44.4 Å². The number of aromatic nitrogens is 3. The second-order valence-electron chi connectivity index (χ2n) is 9.45. The number of rotatable bonds is 5. The number of pyridine rings is 1. The Kier molecular flexibility index (Phi) is 4.83. The van der Waals surface area contributed by atoms with E-state index in [4.69, 9.17) is 4.74 Å². The van der Waals surface area contributed by atoms with Crippen LogP contribution in [0.5, 0.6) is 5.75 Å². The Balaban J connectivity index is 1.17. The van der Waals surface area contributed by atoms with Crippen molar-refractivity contribution in [3.8, 4) is 5.75 Å². The van der Waals surface area contributed by atoms with Crippen LogP contribution in [0.25, 0.3) is 21.9 Å². The van der Waals surface area contributed by atoms with Gasteiger partial charge < -0.3 is 9.72 Å². The van der Waals surface area contributed by atoms with Gasteiger partial charge in [0.25, 0.3) is 0 Å². The average Bonchev–Trinajstić information content (AvgIpc) is 3.13. The highest BCUT2D eigenvalue weighted by atomic mass is 19.4. The molecule has 4 nitrogen and oxygen atoms in total. The number of ether oxygens (including phenoxy) is 1. The second kappa shape index (κ2) is 7.68. The second-order valence-corrected chi connectivity index (χ2v) is 9.45. The van der Waals surface area contributed by atoms with Gasteiger partial charge in [0.2, 0.25) is 0 Å². The highest BCUT2D eigenvalue weighted by molar-refractivity contribution is 5.84. The number of fused-ring (bicyclic) bond motifs is 3. The van der Waals surface area contributed by atoms with Crippen LogP contribution in [0, 0.1) is 23.6 Å². The number of hydrogen-bond acceptors (Lipinski definition) is 3. The van der Waals surface area contributed by atoms with Crippen LogP contribution in [-0.4, -0.2) is 21.1 Å². The number of alkyl halides is 3. The van der Waals surface area contributed by atoms with Crippen LogP contribution in [0.15, 0.2) is 48.7 Å². The van der Waals surface area contributed by atoms with Gasteiger partial charge in [-0.15, -0.1) is 0 Å². The maximum Gasteiger partial charge on any atom is 0.416 e. The molecule has 0 radical (unpaired) electrons. The molecular weight excluding hydrogens is 446 g/mol. The lowest BCUT2D eigenvalue weighted by atomic mass is 9.93. The highest BCUT2D eigenvalue weighted by Gasteiger charge is 2.59. The van der Waals surface area contributed by atoms with E-state index < -0.39 is 11.7 Å². The molecule has 6 rings (SSSR count). The first kappa shape index (κ1) is 21.4. The Bertz CT molecular complexity index is 1370. The maximum absolute atomic E-state index is 13.7. The number of halogens is 4. The summed E-state index contributed by atoms with van der Waals surface area (Å²) in [5.41, 5.74) is 1.000. The summed E-state index contributed by atoms with van der Waals surface area (Å²) in [5, 5.41) is 0.673. The van der Waals surface area contributed by atoms with E-state index in [1.165, 1.54) is 18.2 Å². The summed E-state index contributed by atoms with van der Waals surface area (Å²) in [4.78, 5) is 12.1. The molecule has 2 aromatic carbocycles. The monoisotopic (exact) mass is 469 g/mol. The molecule has 2 aliphatic rings. The molecule has 2 heterocycles. The van der Waals surface area contributed by atoms with Gasteiger partial charge in [-0.3, -0.25) is 4.98 Å². The van der Waals surface area contributed by atoms with Crippen LogP contribution >= 0.6 is 0 Å². The fraction of sp³-hybridized carbons (Fsp3) is 0.385. The minimum Gasteiger partial charge on any atom is -0.490 e. The number of imidazole rings is 1. The quantitative estimate of drug-likeness (QED) is 0.325. The SMILES string of the molecule is CCC(c1nc2cc(C(F)(F)F)ccc2[nH]1)[C@H]1[C@@H]2C[C@@H](Oc3ccnc4ccc(F)cc34)C[C@@H]21. The Hall–Kier alpha value is -3.16. The fourth-order valence-electron chi connectivity index (χ4n) is 5.94. The van der Waals surface area contributed by atoms with E-state index >= 15 is 0 Å². The van der Waals surface area contributed by atoms with Crippen LogP contribution in [0.3, 0.4) is 0 Å². The summed E-state index contributed by atoms with van der Waals surface area (Å²) in [7, 11) is 0. The molecule has 176 valence electrons. The lowest BCUT2D eigenvalue weighted by Crippen LogP contribution is -2.18. The van der Waals surface area contributed by atoms with E-state index in [1.807, 2.05) is 0 Å². The molecule has 0 saturated heterocycles. The molecule has 2 fully saturated rings. The molecular formula is C26H23F4N3O. The molecule has 2 aliphatic carbocycles. The van der Waals surface area contributed by atoms with Crippen molar-refractivity contribution >= 4 is 21.9 Å². The minimum absolute atomic E-state index is 0.0580. The molecule has 0 bridgehead atoms. The summed E-state index contributed by atoms with van der Waals surface area (Å²) in [6, 6.07) is 9.94. The third-order valence-electron chi connectivity index (χ3n) is 7.51. The van der Waals surface area contributed by atoms with Crippen LogP contribution < -0.4 is 4.74 Å². The summed E-state index contributed by atoms with van der Waals surface area (Å²) in [6.45, 7) is 2.10. The number of hydrogen-bond donors (Lipinski definition) is 1. The average molecular weight is 469 g/mol. The van der Waals surface area contributed by atoms with Crippen LogP contribution in [0.1, 0.15) is 43.5 Å². The van der Waals surface area contributed by atoms with Crippen molar-refractivity contribution in [3.63, 3.8) is 0 Å². The third-order valence-corrected chi connectivity index (χ3v) is 7.51. The molecule has 0 spiro atoms. The largest absolute Gasteiger partial charge is 0.490 e. The molecule has 5 atom stereocenters. The molecule has 8 heteroatoms. The van der Waals surface area contributed by atoms with E-state index in [0.717, 1.165) is 37.2 Å². The van der Waals surface area contributed by atoms with Crippen molar-refractivity contribution in [1.82, 2.24) is 15.0 Å². The molecule has 2 aromatic heterocycles. The number of aromatic amines is 1. The van der Waals surface area contributed by atoms with Crippen molar-refractivity contribution in [2.75, 3.05) is 0 Å². The van der Waals surface area contributed by atoms with Crippen LogP contribution in [0.4, 0.5) is 17.6 Å². The first-order valence-electron chi connectivity index (χ1n) is 11.6. The van der Waals surface area contributed by atoms with Gasteiger partial charge in [0.1, 0.15) is 17.4 Å². The molecule has 0 aliphatic heterocycles. The molecule has 1 N–H and O–H groups in total. The standard InChI is InChI=1S/C26H23F4N3O/c1-2-16(25-32-21-5-3-13(26(28,29)30)9-22(21)33-25)24-17-11-15(12-18(17)24)34-23-7-8-31-20-6-4-14(27)10-19(20)23/h3-10,15-18,24H,2,11-12H2,1H3,(H,32,33)/t15-,16?,17-,18+,24+. The molecule has 34 heavy (non-hydrogen) atoms. The number of nitrogens with one attached hydrogen (secondary N) is 1. The van der Waals surface area contributed by atoms with Gasteiger partial charge in [-0.25, -0.2) is 9.37 Å². The van der Waals surface area contributed by atoms with Crippen molar-refractivity contribution < 1.29 is 22.3 Å². The number of H-pyrrole nitrogens is 1. The van der Waals surface area contributed by atoms with Gasteiger partial charge >= 0.3 is 6.18 Å². The van der Waals surface area contributed by atoms with Gasteiger partial charge in [-0.2, -0.15) is 13.2 Å². The summed E-state index contributed by atoms with van der Waals surface area (Å²) in [6.07, 6.45) is 0.0254. The minimum atomic E-state index is -4.38. The normalized spacial score (nSPS) is 25.0. The molecule has 4 aromatic rings. The Morgan fingerprint density at radius 2 is 1.85 bits per heavy atom. The number of nitrogens with zero attached hydrogens (tertiary/aromatic N) is 2. The molecule has 2 saturated carbocycles. The van der Waals surface area contributed by atoms with Gasteiger partial charge in [0.05, 0.1) is 28.2 Å². The summed E-state index contributed by atoms with van der Waals surface area (Å²) < 4.78 is 59.2. The van der Waals surface area contributed by atoms with Crippen LogP contribution in [-0.2, 0) is 6.18 Å². The lowest BCUT2D eigenvalue weighted by molar-refractivity contribution is -0.137. The van der Waals surface area contributed by atoms with E-state index in [-0.39, 0.29) is 17.8 Å². The zero-order valence-electron chi connectivity index (χ0n) is 18.4. The summed E-state index contributed by atoms with van der Waals surface area (Å²) >= 11 is 0. The third kappa shape index (κ3) is 3.60. The van der Waals surface area contributed by atoms with Crippen molar-refractivity contribution in [1.29, 1.82) is 0 Å². The van der Waals surface area contributed by atoms with E-state index in [9.17, 15) is 17.6 Å². The zero-order chi connectivity index (χ0) is 23.6. The highest BCUT2D eigenvalue weighted by Crippen LogP contribution is 2.63. The Morgan fingerprint density at radius 3 is 2.59 bits per heavy atom. The van der Waals surface area contributed by atoms with Gasteiger partial charge in [-0.05, 0) is 79.5 Å². The van der Waals surface area contributed by atoms with E-state index in [2.05, 4.69) is 21.9 Å². The van der Waals surface area contributed by atoms with Gasteiger partial charge in [-0.1, -0.05) is 6.92 Å². The molecule has 1 unspecified atom stereocenters. The van der Waals surface area contributed by atoms with Gasteiger partial charge in [0, 0.05) is 17.5 Å². The molecule has 0 amide bonds. The Labute approximate surface area is 193 Å². The predicted octanol–water partition coefficient (Wildman–Crippen LogP) is 6.87. The number of benzene rings is 2. The summed E-state index contributed by atoms with van der Waals surface area (Å²) in [5.74, 6) is 2.71. The first-order valence-corrected chi connectivity index (χ1v) is 11.6.